The van der Waals surface area contributed by atoms with E-state index in [0.717, 1.165) is 76.8 Å². The number of carbonyl (C=O) groups is 1. The van der Waals surface area contributed by atoms with Gasteiger partial charge in [-0.15, -0.1) is 6.58 Å². The number of likely N-dealkylation sites (tertiary alicyclic amines) is 1. The fourth-order valence-corrected chi connectivity index (χ4v) is 6.36. The Labute approximate surface area is 211 Å². The highest BCUT2D eigenvalue weighted by Gasteiger charge is 2.48. The molecule has 1 amide bonds. The predicted molar refractivity (Wildman–Crippen MR) is 144 cm³/mol. The number of fused-ring (bicyclic) bond motifs is 1. The molecule has 3 unspecified atom stereocenters. The predicted octanol–water partition coefficient (Wildman–Crippen LogP) is 5.91. The lowest BCUT2D eigenvalue weighted by atomic mass is 9.58. The standard InChI is InChI=1S/C31H42N2O2/c1-3-20-33-21-19-31(26-14-10-15-29(22-26)35-2)23-28(18-17-27(31)24-33)32-30(34)16-9-5-8-13-25-11-6-4-7-12-25/h3-4,6-7,10-12,14-15,22,27-28H,1,5,8-9,13,16-21,23-24H2,2H3,(H,32,34). The van der Waals surface area contributed by atoms with Gasteiger partial charge in [-0.05, 0) is 80.7 Å². The first-order chi connectivity index (χ1) is 17.1. The zero-order chi connectivity index (χ0) is 24.5. The van der Waals surface area contributed by atoms with Crippen LogP contribution in [0.25, 0.3) is 0 Å². The van der Waals surface area contributed by atoms with Crippen LogP contribution in [-0.4, -0.2) is 43.6 Å². The quantitative estimate of drug-likeness (QED) is 0.325. The Morgan fingerprint density at radius 2 is 2.00 bits per heavy atom. The number of hydrogen-bond donors (Lipinski definition) is 1. The number of rotatable bonds is 11. The summed E-state index contributed by atoms with van der Waals surface area (Å²) in [7, 11) is 1.74. The molecule has 4 heteroatoms. The summed E-state index contributed by atoms with van der Waals surface area (Å²) in [5.41, 5.74) is 2.86. The average molecular weight is 475 g/mol. The number of carbonyl (C=O) groups excluding carboxylic acids is 1. The summed E-state index contributed by atoms with van der Waals surface area (Å²) in [4.78, 5) is 15.4. The van der Waals surface area contributed by atoms with Crippen molar-refractivity contribution in [1.29, 1.82) is 0 Å². The van der Waals surface area contributed by atoms with Gasteiger partial charge in [0.15, 0.2) is 0 Å². The van der Waals surface area contributed by atoms with Gasteiger partial charge in [0, 0.05) is 31.0 Å². The molecule has 1 saturated heterocycles. The van der Waals surface area contributed by atoms with Crippen LogP contribution in [0.3, 0.4) is 0 Å². The second-order valence-electron chi connectivity index (χ2n) is 10.5. The fraction of sp³-hybridized carbons (Fsp3) is 0.516. The molecule has 188 valence electrons. The minimum absolute atomic E-state index is 0.0953. The third-order valence-corrected chi connectivity index (χ3v) is 8.22. The molecule has 0 radical (unpaired) electrons. The van der Waals surface area contributed by atoms with Gasteiger partial charge in [-0.1, -0.05) is 55.0 Å². The van der Waals surface area contributed by atoms with Crippen molar-refractivity contribution in [3.05, 3.63) is 78.4 Å². The summed E-state index contributed by atoms with van der Waals surface area (Å²) in [5, 5.41) is 3.42. The molecule has 0 bridgehead atoms. The number of ether oxygens (including phenoxy) is 1. The van der Waals surface area contributed by atoms with Gasteiger partial charge in [0.2, 0.25) is 5.91 Å². The van der Waals surface area contributed by atoms with Crippen LogP contribution in [-0.2, 0) is 16.6 Å². The smallest absolute Gasteiger partial charge is 0.220 e. The first-order valence-electron chi connectivity index (χ1n) is 13.4. The Morgan fingerprint density at radius 3 is 2.80 bits per heavy atom. The molecule has 1 aliphatic carbocycles. The number of aryl methyl sites for hydroxylation is 1. The van der Waals surface area contributed by atoms with Crippen LogP contribution in [0, 0.1) is 5.92 Å². The lowest BCUT2D eigenvalue weighted by Gasteiger charge is -2.53. The normalized spacial score (nSPS) is 24.4. The molecule has 4 nitrogen and oxygen atoms in total. The molecule has 0 aromatic heterocycles. The van der Waals surface area contributed by atoms with E-state index < -0.39 is 0 Å². The van der Waals surface area contributed by atoms with Crippen molar-refractivity contribution in [2.45, 2.75) is 69.2 Å². The lowest BCUT2D eigenvalue weighted by Crippen LogP contribution is -2.56. The highest BCUT2D eigenvalue weighted by atomic mass is 16.5. The zero-order valence-corrected chi connectivity index (χ0v) is 21.4. The van der Waals surface area contributed by atoms with E-state index >= 15 is 0 Å². The number of hydrogen-bond acceptors (Lipinski definition) is 3. The molecular weight excluding hydrogens is 432 g/mol. The van der Waals surface area contributed by atoms with E-state index in [-0.39, 0.29) is 17.4 Å². The topological polar surface area (TPSA) is 41.6 Å². The molecule has 1 heterocycles. The number of amides is 1. The Kier molecular flexibility index (Phi) is 9.03. The minimum Gasteiger partial charge on any atom is -0.497 e. The molecule has 0 spiro atoms. The molecule has 2 aromatic carbocycles. The van der Waals surface area contributed by atoms with Crippen molar-refractivity contribution in [2.24, 2.45) is 5.92 Å². The van der Waals surface area contributed by atoms with Gasteiger partial charge in [-0.2, -0.15) is 0 Å². The molecule has 35 heavy (non-hydrogen) atoms. The van der Waals surface area contributed by atoms with Gasteiger partial charge in [-0.3, -0.25) is 9.69 Å². The van der Waals surface area contributed by atoms with E-state index in [2.05, 4.69) is 65.3 Å². The number of nitrogens with one attached hydrogen (secondary N) is 1. The second kappa shape index (κ2) is 12.4. The Hall–Kier alpha value is -2.59. The van der Waals surface area contributed by atoms with Crippen molar-refractivity contribution in [1.82, 2.24) is 10.2 Å². The van der Waals surface area contributed by atoms with E-state index in [0.29, 0.717) is 12.3 Å². The van der Waals surface area contributed by atoms with Crippen LogP contribution in [0.4, 0.5) is 0 Å². The third-order valence-electron chi connectivity index (χ3n) is 8.22. The van der Waals surface area contributed by atoms with E-state index in [1.165, 1.54) is 11.1 Å². The van der Waals surface area contributed by atoms with Crippen LogP contribution >= 0.6 is 0 Å². The molecule has 2 aromatic rings. The summed E-state index contributed by atoms with van der Waals surface area (Å²) < 4.78 is 5.57. The molecule has 1 saturated carbocycles. The number of nitrogens with zero attached hydrogens (tertiary/aromatic N) is 1. The van der Waals surface area contributed by atoms with Crippen LogP contribution in [0.2, 0.25) is 0 Å². The van der Waals surface area contributed by atoms with Crippen molar-refractivity contribution in [3.63, 3.8) is 0 Å². The molecule has 1 N–H and O–H groups in total. The lowest BCUT2D eigenvalue weighted by molar-refractivity contribution is -0.122. The first-order valence-corrected chi connectivity index (χ1v) is 13.4. The summed E-state index contributed by atoms with van der Waals surface area (Å²) >= 11 is 0. The average Bonchev–Trinajstić information content (AvgIpc) is 2.89. The highest BCUT2D eigenvalue weighted by Crippen LogP contribution is 2.49. The molecule has 2 fully saturated rings. The van der Waals surface area contributed by atoms with Gasteiger partial charge in [-0.25, -0.2) is 0 Å². The van der Waals surface area contributed by atoms with Crippen molar-refractivity contribution < 1.29 is 9.53 Å². The Balaban J connectivity index is 1.34. The van der Waals surface area contributed by atoms with E-state index in [9.17, 15) is 4.79 Å². The monoisotopic (exact) mass is 474 g/mol. The summed E-state index contributed by atoms with van der Waals surface area (Å²) in [6.45, 7) is 7.07. The fourth-order valence-electron chi connectivity index (χ4n) is 6.36. The molecule has 4 rings (SSSR count). The van der Waals surface area contributed by atoms with Gasteiger partial charge < -0.3 is 10.1 Å². The number of unbranched alkanes of at least 4 members (excludes halogenated alkanes) is 2. The SMILES string of the molecule is C=CCN1CCC2(c3cccc(OC)c3)CC(NC(=O)CCCCCc3ccccc3)CCC2C1. The van der Waals surface area contributed by atoms with E-state index in [1.807, 2.05) is 12.1 Å². The number of piperidine rings is 1. The van der Waals surface area contributed by atoms with Gasteiger partial charge in [0.25, 0.3) is 0 Å². The van der Waals surface area contributed by atoms with E-state index in [4.69, 9.17) is 4.74 Å². The van der Waals surface area contributed by atoms with Gasteiger partial charge in [0.05, 0.1) is 7.11 Å². The molecule has 2 aliphatic rings. The number of benzene rings is 2. The number of methoxy groups -OCH3 is 1. The van der Waals surface area contributed by atoms with Crippen LogP contribution < -0.4 is 10.1 Å². The van der Waals surface area contributed by atoms with Gasteiger partial charge >= 0.3 is 0 Å². The maximum absolute atomic E-state index is 12.8. The van der Waals surface area contributed by atoms with Crippen LogP contribution in [0.15, 0.2) is 67.3 Å². The van der Waals surface area contributed by atoms with Crippen molar-refractivity contribution in [3.8, 4) is 5.75 Å². The van der Waals surface area contributed by atoms with Crippen LogP contribution in [0.1, 0.15) is 62.5 Å². The maximum atomic E-state index is 12.8. The second-order valence-corrected chi connectivity index (χ2v) is 10.5. The van der Waals surface area contributed by atoms with Crippen LogP contribution in [0.5, 0.6) is 5.75 Å². The van der Waals surface area contributed by atoms with Crippen molar-refractivity contribution >= 4 is 5.91 Å². The largest absolute Gasteiger partial charge is 0.497 e. The highest BCUT2D eigenvalue weighted by molar-refractivity contribution is 5.76. The molecule has 3 atom stereocenters. The molecule has 1 aliphatic heterocycles. The Morgan fingerprint density at radius 1 is 1.14 bits per heavy atom. The summed E-state index contributed by atoms with van der Waals surface area (Å²) in [6, 6.07) is 19.5. The maximum Gasteiger partial charge on any atom is 0.220 e. The summed E-state index contributed by atoms with van der Waals surface area (Å²) in [5.74, 6) is 1.73. The third kappa shape index (κ3) is 6.55. The van der Waals surface area contributed by atoms with Gasteiger partial charge in [0.1, 0.15) is 5.75 Å². The first kappa shape index (κ1) is 25.5. The van der Waals surface area contributed by atoms with E-state index in [1.54, 1.807) is 7.11 Å². The summed E-state index contributed by atoms with van der Waals surface area (Å²) in [6.07, 6.45) is 11.3. The zero-order valence-electron chi connectivity index (χ0n) is 21.4. The molecular formula is C31H42N2O2. The Bertz CT molecular complexity index is 959. The minimum atomic E-state index is 0.0953. The van der Waals surface area contributed by atoms with Crippen molar-refractivity contribution in [2.75, 3.05) is 26.7 Å².